The predicted molar refractivity (Wildman–Crippen MR) is 87.4 cm³/mol. The van der Waals surface area contributed by atoms with Gasteiger partial charge in [0.25, 0.3) is 10.0 Å². The summed E-state index contributed by atoms with van der Waals surface area (Å²) < 4.78 is 32.5. The molecule has 22 heavy (non-hydrogen) atoms. The summed E-state index contributed by atoms with van der Waals surface area (Å²) in [5.41, 5.74) is 0.360. The number of anilines is 1. The minimum absolute atomic E-state index is 0.0565. The van der Waals surface area contributed by atoms with E-state index in [9.17, 15) is 13.2 Å². The molecule has 1 aromatic carbocycles. The van der Waals surface area contributed by atoms with Crippen molar-refractivity contribution in [2.24, 2.45) is 0 Å². The van der Waals surface area contributed by atoms with E-state index in [4.69, 9.17) is 9.84 Å². The first kappa shape index (κ1) is 16.8. The van der Waals surface area contributed by atoms with Crippen LogP contribution < -0.4 is 9.46 Å². The quantitative estimate of drug-likeness (QED) is 0.767. The summed E-state index contributed by atoms with van der Waals surface area (Å²) in [6.07, 6.45) is 0. The van der Waals surface area contributed by atoms with Crippen LogP contribution in [0.1, 0.15) is 16.6 Å². The molecule has 0 atom stereocenters. The van der Waals surface area contributed by atoms with Crippen molar-refractivity contribution in [1.29, 1.82) is 0 Å². The van der Waals surface area contributed by atoms with Gasteiger partial charge in [0.15, 0.2) is 0 Å². The molecule has 6 nitrogen and oxygen atoms in total. The van der Waals surface area contributed by atoms with Crippen molar-refractivity contribution in [1.82, 2.24) is 0 Å². The number of aromatic carboxylic acids is 1. The summed E-state index contributed by atoms with van der Waals surface area (Å²) in [7, 11) is -3.87. The van der Waals surface area contributed by atoms with Gasteiger partial charge in [0.05, 0.1) is 10.4 Å². The van der Waals surface area contributed by atoms with Gasteiger partial charge in [0.2, 0.25) is 0 Å². The predicted octanol–water partition coefficient (Wildman–Crippen LogP) is 3.41. The van der Waals surface area contributed by atoms with Crippen LogP contribution in [-0.4, -0.2) is 26.1 Å². The van der Waals surface area contributed by atoms with Crippen molar-refractivity contribution < 1.29 is 23.1 Å². The lowest BCUT2D eigenvalue weighted by molar-refractivity contribution is 0.0702. The number of carbonyl (C=O) groups is 1. The van der Waals surface area contributed by atoms with E-state index in [-0.39, 0.29) is 13.6 Å². The molecule has 2 aromatic rings. The van der Waals surface area contributed by atoms with E-state index in [1.807, 2.05) is 6.92 Å². The number of thiophene rings is 1. The number of nitrogens with one attached hydrogen (secondary N) is 1. The van der Waals surface area contributed by atoms with Gasteiger partial charge in [-0.2, -0.15) is 0 Å². The van der Waals surface area contributed by atoms with Gasteiger partial charge in [-0.3, -0.25) is 4.72 Å². The fraction of sp³-hybridized carbons (Fsp3) is 0.154. The van der Waals surface area contributed by atoms with Gasteiger partial charge in [-0.25, -0.2) is 13.2 Å². The van der Waals surface area contributed by atoms with Crippen molar-refractivity contribution in [2.45, 2.75) is 11.8 Å². The Labute approximate surface area is 139 Å². The first-order valence-corrected chi connectivity index (χ1v) is 9.21. The molecule has 2 rings (SSSR count). The molecular weight excluding hydrogens is 394 g/mol. The number of carboxylic acid groups (broad SMARTS) is 1. The molecule has 2 N–H and O–H groups in total. The van der Waals surface area contributed by atoms with Crippen LogP contribution in [0.3, 0.4) is 0 Å². The second kappa shape index (κ2) is 6.67. The number of sulfonamides is 1. The zero-order valence-electron chi connectivity index (χ0n) is 11.4. The molecule has 9 heteroatoms. The average Bonchev–Trinajstić information content (AvgIpc) is 2.84. The number of carboxylic acids is 1. The van der Waals surface area contributed by atoms with Crippen molar-refractivity contribution in [3.63, 3.8) is 0 Å². The fourth-order valence-electron chi connectivity index (χ4n) is 1.64. The minimum Gasteiger partial charge on any atom is -0.494 e. The summed E-state index contributed by atoms with van der Waals surface area (Å²) in [4.78, 5) is 10.7. The van der Waals surface area contributed by atoms with E-state index in [1.165, 1.54) is 0 Å². The van der Waals surface area contributed by atoms with Gasteiger partial charge in [-0.05, 0) is 53.2 Å². The number of ether oxygens (including phenoxy) is 1. The van der Waals surface area contributed by atoms with Crippen molar-refractivity contribution in [3.05, 3.63) is 39.0 Å². The third-order valence-corrected chi connectivity index (χ3v) is 6.19. The Bertz CT molecular complexity index is 783. The van der Waals surface area contributed by atoms with Crippen LogP contribution in [-0.2, 0) is 10.0 Å². The molecule has 0 spiro atoms. The summed E-state index contributed by atoms with van der Waals surface area (Å²) in [5.74, 6) is -0.538. The molecule has 0 radical (unpaired) electrons. The van der Waals surface area contributed by atoms with Gasteiger partial charge >= 0.3 is 5.97 Å². The molecule has 0 fully saturated rings. The van der Waals surface area contributed by atoms with Crippen molar-refractivity contribution in [3.8, 4) is 5.75 Å². The molecule has 0 bridgehead atoms. The molecule has 0 aliphatic carbocycles. The van der Waals surface area contributed by atoms with Crippen LogP contribution in [0.4, 0.5) is 5.69 Å². The van der Waals surface area contributed by atoms with Gasteiger partial charge in [-0.15, -0.1) is 11.3 Å². The number of rotatable bonds is 6. The molecular formula is C13H12BrNO5S2. The van der Waals surface area contributed by atoms with Crippen LogP contribution >= 0.6 is 27.3 Å². The van der Waals surface area contributed by atoms with Gasteiger partial charge in [0.1, 0.15) is 15.5 Å². The number of hydrogen-bond donors (Lipinski definition) is 2. The van der Waals surface area contributed by atoms with Gasteiger partial charge in [-0.1, -0.05) is 0 Å². The monoisotopic (exact) mass is 405 g/mol. The van der Waals surface area contributed by atoms with Crippen molar-refractivity contribution >= 4 is 48.9 Å². The van der Waals surface area contributed by atoms with Crippen LogP contribution in [0.25, 0.3) is 0 Å². The molecule has 1 heterocycles. The summed E-state index contributed by atoms with van der Waals surface area (Å²) in [6.45, 7) is 2.37. The lowest BCUT2D eigenvalue weighted by Gasteiger charge is -2.08. The number of halogens is 1. The van der Waals surface area contributed by atoms with Gasteiger partial charge < -0.3 is 9.84 Å². The Morgan fingerprint density at radius 2 is 2.00 bits per heavy atom. The van der Waals surface area contributed by atoms with E-state index in [2.05, 4.69) is 20.7 Å². The SMILES string of the molecule is CCOc1ccc(NS(=O)(=O)c2cc(C(=O)O)sc2Br)cc1. The molecule has 118 valence electrons. The Hall–Kier alpha value is -1.58. The first-order chi connectivity index (χ1) is 10.3. The third-order valence-electron chi connectivity index (χ3n) is 2.57. The zero-order valence-corrected chi connectivity index (χ0v) is 14.6. The molecule has 0 amide bonds. The second-order valence-corrected chi connectivity index (χ2v) is 8.14. The lowest BCUT2D eigenvalue weighted by atomic mass is 10.3. The van der Waals surface area contributed by atoms with E-state index in [1.54, 1.807) is 24.3 Å². The van der Waals surface area contributed by atoms with E-state index < -0.39 is 16.0 Å². The Kier molecular flexibility index (Phi) is 5.09. The topological polar surface area (TPSA) is 92.7 Å². The smallest absolute Gasteiger partial charge is 0.345 e. The number of benzene rings is 1. The Morgan fingerprint density at radius 1 is 1.36 bits per heavy atom. The average molecular weight is 406 g/mol. The highest BCUT2D eigenvalue weighted by atomic mass is 79.9. The van der Waals surface area contributed by atoms with E-state index in [0.717, 1.165) is 17.4 Å². The second-order valence-electron chi connectivity index (χ2n) is 4.12. The van der Waals surface area contributed by atoms with E-state index >= 15 is 0 Å². The summed E-state index contributed by atoms with van der Waals surface area (Å²) in [6, 6.07) is 7.55. The molecule has 0 saturated heterocycles. The van der Waals surface area contributed by atoms with E-state index in [0.29, 0.717) is 18.0 Å². The van der Waals surface area contributed by atoms with Crippen LogP contribution in [0.5, 0.6) is 5.75 Å². The lowest BCUT2D eigenvalue weighted by Crippen LogP contribution is -2.12. The number of hydrogen-bond acceptors (Lipinski definition) is 5. The first-order valence-electron chi connectivity index (χ1n) is 6.12. The van der Waals surface area contributed by atoms with Crippen LogP contribution in [0.2, 0.25) is 0 Å². The highest BCUT2D eigenvalue weighted by molar-refractivity contribution is 9.11. The zero-order chi connectivity index (χ0) is 16.3. The van der Waals surface area contributed by atoms with Crippen LogP contribution in [0, 0.1) is 0 Å². The highest BCUT2D eigenvalue weighted by Gasteiger charge is 2.23. The maximum Gasteiger partial charge on any atom is 0.345 e. The molecule has 0 aliphatic rings. The summed E-state index contributed by atoms with van der Waals surface area (Å²) in [5, 5.41) is 8.92. The highest BCUT2D eigenvalue weighted by Crippen LogP contribution is 2.33. The standard InChI is InChI=1S/C13H12BrNO5S2/c1-2-20-9-5-3-8(4-6-9)15-22(18,19)11-7-10(13(16)17)21-12(11)14/h3-7,15H,2H2,1H3,(H,16,17). The normalized spacial score (nSPS) is 11.2. The summed E-state index contributed by atoms with van der Waals surface area (Å²) >= 11 is 3.93. The van der Waals surface area contributed by atoms with Gasteiger partial charge in [0, 0.05) is 5.69 Å². The minimum atomic E-state index is -3.87. The maximum atomic E-state index is 12.3. The Balaban J connectivity index is 2.25. The molecule has 1 aromatic heterocycles. The Morgan fingerprint density at radius 3 is 2.50 bits per heavy atom. The van der Waals surface area contributed by atoms with Crippen molar-refractivity contribution in [2.75, 3.05) is 11.3 Å². The third kappa shape index (κ3) is 3.79. The largest absolute Gasteiger partial charge is 0.494 e. The molecule has 0 saturated carbocycles. The molecule has 0 aliphatic heterocycles. The molecule has 0 unspecified atom stereocenters. The van der Waals surface area contributed by atoms with Crippen LogP contribution in [0.15, 0.2) is 39.0 Å². The maximum absolute atomic E-state index is 12.3. The fourth-order valence-corrected chi connectivity index (χ4v) is 5.10.